The first kappa shape index (κ1) is 81.9. The topological polar surface area (TPSA) is 363 Å². The molecular weight excluding hydrogens is 1160 g/mol. The Morgan fingerprint density at radius 2 is 1.08 bits per heavy atom. The second-order valence-corrected chi connectivity index (χ2v) is 24.4. The van der Waals surface area contributed by atoms with Gasteiger partial charge < -0.3 is 61.7 Å². The van der Waals surface area contributed by atoms with Crippen LogP contribution in [0.2, 0.25) is 0 Å². The summed E-state index contributed by atoms with van der Waals surface area (Å²) in [6.45, 7) is 11.2. The fourth-order valence-electron chi connectivity index (χ4n) is 10.6. The summed E-state index contributed by atoms with van der Waals surface area (Å²) in [6, 6.07) is 5.38. The van der Waals surface area contributed by atoms with Crippen LogP contribution in [-0.4, -0.2) is 146 Å². The highest BCUT2D eigenvalue weighted by Crippen LogP contribution is 2.31. The molecule has 90 heavy (non-hydrogen) atoms. The molecule has 0 saturated heterocycles. The van der Waals surface area contributed by atoms with Gasteiger partial charge in [-0.05, 0) is 87.8 Å². The minimum absolute atomic E-state index is 0.0192. The SMILES string of the molecule is C=C(CCCCCCCCCCCCCCCCC(=O)O)N[C@@H](CCC(=O)NCCOCCOCC(=O)CCCOCCOCC(=O)NCCCC[C@H](CC(=O)CC(C)C)C(=O)C(C)[C@@H](CCCCC(=N)N)C(=O)C[C@@H](Cc1ccc(O)cc1)C(N)=O)C(=O)O. The largest absolute Gasteiger partial charge is 0.508 e. The molecule has 0 spiro atoms. The number of Topliss-reactive ketones (excluding diaryl/α,β-unsaturated/α-hetero) is 4. The number of nitrogens with two attached hydrogens (primary N) is 2. The van der Waals surface area contributed by atoms with E-state index < -0.39 is 47.6 Å². The van der Waals surface area contributed by atoms with Gasteiger partial charge in [-0.3, -0.25) is 43.8 Å². The molecule has 22 nitrogen and oxygen atoms in total. The van der Waals surface area contributed by atoms with E-state index in [2.05, 4.69) is 22.5 Å². The average Bonchev–Trinajstić information content (AvgIpc) is 1.21. The van der Waals surface area contributed by atoms with Crippen molar-refractivity contribution < 1.29 is 77.4 Å². The summed E-state index contributed by atoms with van der Waals surface area (Å²) < 4.78 is 21.9. The number of ether oxygens (including phenoxy) is 4. The Hall–Kier alpha value is -6.10. The van der Waals surface area contributed by atoms with Crippen LogP contribution in [0.3, 0.4) is 0 Å². The Kier molecular flexibility index (Phi) is 47.8. The fourth-order valence-corrected chi connectivity index (χ4v) is 10.6. The number of carboxylic acid groups (broad SMARTS) is 2. The molecule has 0 aliphatic rings. The van der Waals surface area contributed by atoms with Gasteiger partial charge in [0.05, 0.1) is 38.9 Å². The van der Waals surface area contributed by atoms with Gasteiger partial charge in [0.15, 0.2) is 5.78 Å². The smallest absolute Gasteiger partial charge is 0.326 e. The molecule has 0 aromatic heterocycles. The minimum atomic E-state index is -1.04. The number of amidine groups is 1. The average molecular weight is 1270 g/mol. The number of carbonyl (C=O) groups is 9. The van der Waals surface area contributed by atoms with Crippen molar-refractivity contribution >= 4 is 58.6 Å². The maximum atomic E-state index is 14.3. The van der Waals surface area contributed by atoms with Crippen molar-refractivity contribution in [2.75, 3.05) is 65.9 Å². The second kappa shape index (κ2) is 52.5. The first-order valence-corrected chi connectivity index (χ1v) is 33.3. The Balaban J connectivity index is 2.26. The third-order valence-electron chi connectivity index (χ3n) is 15.8. The lowest BCUT2D eigenvalue weighted by Gasteiger charge is -2.27. The normalized spacial score (nSPS) is 13.0. The van der Waals surface area contributed by atoms with E-state index in [1.165, 1.54) is 63.5 Å². The summed E-state index contributed by atoms with van der Waals surface area (Å²) in [5.41, 5.74) is 12.7. The van der Waals surface area contributed by atoms with Gasteiger partial charge in [0.2, 0.25) is 17.7 Å². The summed E-state index contributed by atoms with van der Waals surface area (Å²) >= 11 is 0. The Morgan fingerprint density at radius 1 is 0.533 bits per heavy atom. The molecule has 1 rings (SSSR count). The Bertz CT molecular complexity index is 2250. The highest BCUT2D eigenvalue weighted by molar-refractivity contribution is 5.94. The van der Waals surface area contributed by atoms with Crippen LogP contribution in [0.25, 0.3) is 0 Å². The van der Waals surface area contributed by atoms with Crippen LogP contribution in [0.5, 0.6) is 5.75 Å². The van der Waals surface area contributed by atoms with Gasteiger partial charge in [-0.1, -0.05) is 129 Å². The van der Waals surface area contributed by atoms with E-state index in [1.54, 1.807) is 19.1 Å². The van der Waals surface area contributed by atoms with Crippen molar-refractivity contribution in [2.24, 2.45) is 41.1 Å². The predicted octanol–water partition coefficient (Wildman–Crippen LogP) is 9.42. The number of hydrogen-bond donors (Lipinski definition) is 9. The molecule has 22 heteroatoms. The third-order valence-corrected chi connectivity index (χ3v) is 15.8. The van der Waals surface area contributed by atoms with Crippen LogP contribution in [0.1, 0.15) is 219 Å². The number of hydrogen-bond acceptors (Lipinski definition) is 16. The monoisotopic (exact) mass is 1270 g/mol. The fraction of sp³-hybridized carbons (Fsp3) is 0.735. The van der Waals surface area contributed by atoms with Crippen LogP contribution in [0, 0.1) is 35.0 Å². The molecule has 0 saturated carbocycles. The molecule has 0 aliphatic heterocycles. The number of primary amides is 1. The standard InChI is InChI=1S/C68H114N6O16/c1-50(2)44-58(77)46-54(66(83)52(4)59(27-19-20-28-62(69)70)61(78)47-55(67(71)84)45-53-30-32-56(75)33-31-53)25-21-22-36-72-64(80)49-90-43-40-87-38-23-26-57(76)48-89-42-41-88-39-37-73-63(79)35-34-60(68(85)86)74-51(3)24-17-15-13-11-9-7-5-6-8-10-12-14-16-18-29-65(81)82/h30-33,50,52,54-55,59-60,74-75H,3,5-29,34-49H2,1-2,4H3,(H3,69,70)(H2,71,84)(H,72,80)(H,73,79)(H,81,82)(H,85,86)/t52?,54-,55-,59-,60+/m1/s1. The third kappa shape index (κ3) is 45.2. The molecule has 1 aromatic rings. The van der Waals surface area contributed by atoms with E-state index in [0.717, 1.165) is 38.5 Å². The van der Waals surface area contributed by atoms with E-state index in [0.29, 0.717) is 88.6 Å². The maximum absolute atomic E-state index is 14.3. The molecule has 0 aliphatic carbocycles. The number of unbranched alkanes of at least 4 members (excludes halogenated alkanes) is 15. The number of rotatable bonds is 63. The summed E-state index contributed by atoms with van der Waals surface area (Å²) in [7, 11) is 0. The number of benzene rings is 1. The van der Waals surface area contributed by atoms with Gasteiger partial charge in [-0.15, -0.1) is 0 Å². The lowest BCUT2D eigenvalue weighted by atomic mass is 9.75. The minimum Gasteiger partial charge on any atom is -0.508 e. The summed E-state index contributed by atoms with van der Waals surface area (Å²) in [4.78, 5) is 114. The van der Waals surface area contributed by atoms with Crippen LogP contribution in [-0.2, 0) is 68.5 Å². The van der Waals surface area contributed by atoms with E-state index >= 15 is 0 Å². The van der Waals surface area contributed by atoms with Gasteiger partial charge in [-0.2, -0.15) is 0 Å². The van der Waals surface area contributed by atoms with E-state index in [4.69, 9.17) is 40.9 Å². The van der Waals surface area contributed by atoms with Crippen molar-refractivity contribution in [3.63, 3.8) is 0 Å². The molecule has 3 amide bonds. The first-order chi connectivity index (χ1) is 43.1. The van der Waals surface area contributed by atoms with Gasteiger partial charge in [0.1, 0.15) is 42.4 Å². The van der Waals surface area contributed by atoms with Gasteiger partial charge in [-0.25, -0.2) is 4.79 Å². The van der Waals surface area contributed by atoms with Crippen LogP contribution in [0.15, 0.2) is 36.5 Å². The number of carbonyl (C=O) groups excluding carboxylic acids is 7. The maximum Gasteiger partial charge on any atom is 0.326 e. The number of aromatic hydroxyl groups is 1. The van der Waals surface area contributed by atoms with Crippen LogP contribution >= 0.6 is 0 Å². The lowest BCUT2D eigenvalue weighted by Crippen LogP contribution is -2.37. The second-order valence-electron chi connectivity index (χ2n) is 24.4. The number of carboxylic acids is 2. The Labute approximate surface area is 536 Å². The van der Waals surface area contributed by atoms with Gasteiger partial charge in [0.25, 0.3) is 0 Å². The number of allylic oxidation sites excluding steroid dienone is 1. The van der Waals surface area contributed by atoms with Gasteiger partial charge in [0, 0.05) is 94.0 Å². The number of phenols is 1. The molecule has 0 bridgehead atoms. The summed E-state index contributed by atoms with van der Waals surface area (Å²) in [6.07, 6.45) is 21.1. The van der Waals surface area contributed by atoms with E-state index in [1.807, 2.05) is 13.8 Å². The Morgan fingerprint density at radius 3 is 1.66 bits per heavy atom. The zero-order chi connectivity index (χ0) is 66.7. The van der Waals surface area contributed by atoms with Crippen molar-refractivity contribution in [3.05, 3.63) is 42.1 Å². The summed E-state index contributed by atoms with van der Waals surface area (Å²) in [5, 5.41) is 44.2. The number of ketones is 4. The van der Waals surface area contributed by atoms with E-state index in [-0.39, 0.29) is 150 Å². The zero-order valence-electron chi connectivity index (χ0n) is 54.8. The molecular formula is C68H114N6O16. The van der Waals surface area contributed by atoms with Crippen molar-refractivity contribution in [1.82, 2.24) is 16.0 Å². The molecule has 0 heterocycles. The van der Waals surface area contributed by atoms with Crippen molar-refractivity contribution in [2.45, 2.75) is 226 Å². The lowest BCUT2D eigenvalue weighted by molar-refractivity contribution is -0.140. The zero-order valence-corrected chi connectivity index (χ0v) is 54.8. The quantitative estimate of drug-likeness (QED) is 0.0166. The first-order valence-electron chi connectivity index (χ1n) is 33.3. The van der Waals surface area contributed by atoms with E-state index in [9.17, 15) is 53.4 Å². The van der Waals surface area contributed by atoms with Gasteiger partial charge >= 0.3 is 11.9 Å². The highest BCUT2D eigenvalue weighted by atomic mass is 16.5. The number of aliphatic carboxylic acids is 2. The summed E-state index contributed by atoms with van der Waals surface area (Å²) in [5.74, 6) is -6.50. The molecule has 5 atom stereocenters. The molecule has 1 aromatic carbocycles. The number of phenolic OH excluding ortho intramolecular Hbond substituents is 1. The molecule has 11 N–H and O–H groups in total. The number of nitrogens with one attached hydrogen (secondary N) is 4. The van der Waals surface area contributed by atoms with Crippen molar-refractivity contribution in [3.8, 4) is 5.75 Å². The molecule has 0 fully saturated rings. The predicted molar refractivity (Wildman–Crippen MR) is 347 cm³/mol. The van der Waals surface area contributed by atoms with Crippen molar-refractivity contribution in [1.29, 1.82) is 5.41 Å². The molecule has 512 valence electrons. The molecule has 0 radical (unpaired) electrons. The molecule has 1 unspecified atom stereocenters. The highest BCUT2D eigenvalue weighted by Gasteiger charge is 2.36. The van der Waals surface area contributed by atoms with Crippen LogP contribution in [0.4, 0.5) is 0 Å². The van der Waals surface area contributed by atoms with Crippen LogP contribution < -0.4 is 27.4 Å². The number of amides is 3.